The minimum absolute atomic E-state index is 0.00981. The van der Waals surface area contributed by atoms with Gasteiger partial charge in [0.1, 0.15) is 5.69 Å². The Morgan fingerprint density at radius 2 is 2.33 bits per heavy atom. The predicted molar refractivity (Wildman–Crippen MR) is 43.6 cm³/mol. The van der Waals surface area contributed by atoms with Crippen LogP contribution in [0.4, 0.5) is 0 Å². The van der Waals surface area contributed by atoms with Crippen molar-refractivity contribution in [2.45, 2.75) is 38.8 Å². The lowest BCUT2D eigenvalue weighted by Crippen LogP contribution is -2.02. The minimum atomic E-state index is 0.00981. The van der Waals surface area contributed by atoms with E-state index in [4.69, 9.17) is 5.11 Å². The summed E-state index contributed by atoms with van der Waals surface area (Å²) in [6, 6.07) is 0.563. The summed E-state index contributed by atoms with van der Waals surface area (Å²) in [6.45, 7) is 2.08. The Morgan fingerprint density at radius 3 is 2.83 bits per heavy atom. The molecule has 1 N–H and O–H groups in total. The number of aliphatic hydroxyl groups excluding tert-OH is 1. The van der Waals surface area contributed by atoms with Crippen LogP contribution in [-0.2, 0) is 13.0 Å². The van der Waals surface area contributed by atoms with Gasteiger partial charge in [0.25, 0.3) is 0 Å². The van der Waals surface area contributed by atoms with Crippen LogP contribution in [0.5, 0.6) is 0 Å². The van der Waals surface area contributed by atoms with E-state index in [9.17, 15) is 0 Å². The van der Waals surface area contributed by atoms with Gasteiger partial charge in [-0.3, -0.25) is 0 Å². The third kappa shape index (κ3) is 1.12. The first-order valence-corrected chi connectivity index (χ1v) is 4.40. The monoisotopic (exact) mass is 167 g/mol. The average Bonchev–Trinajstić information content (AvgIpc) is 2.85. The van der Waals surface area contributed by atoms with E-state index in [1.807, 2.05) is 4.68 Å². The molecule has 0 aliphatic heterocycles. The number of hydrogen-bond donors (Lipinski definition) is 1. The number of hydrogen-bond acceptors (Lipinski definition) is 3. The predicted octanol–water partition coefficient (Wildman–Crippen LogP) is 0.668. The Hall–Kier alpha value is -0.900. The molecule has 1 aromatic rings. The third-order valence-electron chi connectivity index (χ3n) is 2.25. The summed E-state index contributed by atoms with van der Waals surface area (Å²) in [5.41, 5.74) is 1.84. The molecule has 1 saturated carbocycles. The first-order valence-electron chi connectivity index (χ1n) is 4.40. The fraction of sp³-hybridized carbons (Fsp3) is 0.750. The molecule has 1 aliphatic carbocycles. The Kier molecular flexibility index (Phi) is 1.84. The summed E-state index contributed by atoms with van der Waals surface area (Å²) in [6.07, 6.45) is 3.32. The quantitative estimate of drug-likeness (QED) is 0.719. The zero-order valence-corrected chi connectivity index (χ0v) is 7.19. The van der Waals surface area contributed by atoms with Crippen LogP contribution in [-0.4, -0.2) is 20.1 Å². The highest BCUT2D eigenvalue weighted by Gasteiger charge is 2.27. The molecule has 4 nitrogen and oxygen atoms in total. The van der Waals surface area contributed by atoms with Gasteiger partial charge in [-0.1, -0.05) is 12.1 Å². The van der Waals surface area contributed by atoms with Crippen LogP contribution < -0.4 is 0 Å². The van der Waals surface area contributed by atoms with Gasteiger partial charge in [-0.05, 0) is 19.3 Å². The Morgan fingerprint density at radius 1 is 1.58 bits per heavy atom. The normalized spacial score (nSPS) is 16.8. The zero-order valence-electron chi connectivity index (χ0n) is 7.19. The second-order valence-electron chi connectivity index (χ2n) is 3.17. The number of aromatic nitrogens is 3. The average molecular weight is 167 g/mol. The van der Waals surface area contributed by atoms with Gasteiger partial charge in [0.05, 0.1) is 18.3 Å². The largest absolute Gasteiger partial charge is 0.390 e. The maximum atomic E-state index is 8.95. The molecule has 4 heteroatoms. The molecule has 0 saturated heterocycles. The highest BCUT2D eigenvalue weighted by atomic mass is 16.3. The van der Waals surface area contributed by atoms with Gasteiger partial charge < -0.3 is 5.11 Å². The SMILES string of the molecule is CCc1c(CO)nnn1C1CC1. The van der Waals surface area contributed by atoms with Gasteiger partial charge in [-0.25, -0.2) is 4.68 Å². The summed E-state index contributed by atoms with van der Waals surface area (Å²) < 4.78 is 1.96. The number of nitrogens with zero attached hydrogens (tertiary/aromatic N) is 3. The first kappa shape index (κ1) is 7.73. The molecule has 2 rings (SSSR count). The summed E-state index contributed by atoms with van der Waals surface area (Å²) in [7, 11) is 0. The van der Waals surface area contributed by atoms with Gasteiger partial charge in [0.15, 0.2) is 0 Å². The molecule has 1 fully saturated rings. The lowest BCUT2D eigenvalue weighted by atomic mass is 10.2. The van der Waals surface area contributed by atoms with E-state index >= 15 is 0 Å². The van der Waals surface area contributed by atoms with Crippen LogP contribution in [0.15, 0.2) is 0 Å². The topological polar surface area (TPSA) is 50.9 Å². The van der Waals surface area contributed by atoms with E-state index in [1.165, 1.54) is 12.8 Å². The molecule has 66 valence electrons. The van der Waals surface area contributed by atoms with Crippen LogP contribution in [0, 0.1) is 0 Å². The van der Waals surface area contributed by atoms with Crippen molar-refractivity contribution in [1.29, 1.82) is 0 Å². The molecule has 1 aromatic heterocycles. The molecule has 0 unspecified atom stereocenters. The van der Waals surface area contributed by atoms with Crippen LogP contribution in [0.3, 0.4) is 0 Å². The van der Waals surface area contributed by atoms with Crippen molar-refractivity contribution in [2.24, 2.45) is 0 Å². The molecule has 12 heavy (non-hydrogen) atoms. The summed E-state index contributed by atoms with van der Waals surface area (Å²) in [5, 5.41) is 16.9. The van der Waals surface area contributed by atoms with Gasteiger partial charge in [-0.15, -0.1) is 5.10 Å². The van der Waals surface area contributed by atoms with Gasteiger partial charge in [0, 0.05) is 0 Å². The Bertz CT molecular complexity index is 278. The standard InChI is InChI=1S/C8H13N3O/c1-2-8-7(5-12)9-10-11(8)6-3-4-6/h6,12H,2-5H2,1H3. The molecular weight excluding hydrogens is 154 g/mol. The minimum Gasteiger partial charge on any atom is -0.390 e. The van der Waals surface area contributed by atoms with Crippen molar-refractivity contribution < 1.29 is 5.11 Å². The maximum Gasteiger partial charge on any atom is 0.111 e. The molecule has 0 bridgehead atoms. The summed E-state index contributed by atoms with van der Waals surface area (Å²) in [5.74, 6) is 0. The van der Waals surface area contributed by atoms with Crippen LogP contribution in [0.1, 0.15) is 37.2 Å². The lowest BCUT2D eigenvalue weighted by Gasteiger charge is -2.01. The van der Waals surface area contributed by atoms with E-state index in [2.05, 4.69) is 17.2 Å². The fourth-order valence-electron chi connectivity index (χ4n) is 1.45. The van der Waals surface area contributed by atoms with Gasteiger partial charge in [0.2, 0.25) is 0 Å². The van der Waals surface area contributed by atoms with Gasteiger partial charge >= 0.3 is 0 Å². The highest BCUT2D eigenvalue weighted by molar-refractivity contribution is 5.10. The molecular formula is C8H13N3O. The molecule has 0 aromatic carbocycles. The Labute approximate surface area is 71.2 Å². The van der Waals surface area contributed by atoms with Crippen molar-refractivity contribution in [3.05, 3.63) is 11.4 Å². The zero-order chi connectivity index (χ0) is 8.55. The molecule has 0 radical (unpaired) electrons. The van der Waals surface area contributed by atoms with Crippen molar-refractivity contribution in [3.8, 4) is 0 Å². The molecule has 1 aliphatic rings. The number of aliphatic hydroxyl groups is 1. The fourth-order valence-corrected chi connectivity index (χ4v) is 1.45. The van der Waals surface area contributed by atoms with E-state index in [0.717, 1.165) is 17.8 Å². The van der Waals surface area contributed by atoms with E-state index in [-0.39, 0.29) is 6.61 Å². The molecule has 1 heterocycles. The second-order valence-corrected chi connectivity index (χ2v) is 3.17. The van der Waals surface area contributed by atoms with Gasteiger partial charge in [-0.2, -0.15) is 0 Å². The van der Waals surface area contributed by atoms with Crippen LogP contribution in [0.25, 0.3) is 0 Å². The molecule has 0 spiro atoms. The van der Waals surface area contributed by atoms with Crippen LogP contribution in [0.2, 0.25) is 0 Å². The molecule has 0 amide bonds. The van der Waals surface area contributed by atoms with Crippen molar-refractivity contribution >= 4 is 0 Å². The summed E-state index contributed by atoms with van der Waals surface area (Å²) in [4.78, 5) is 0. The van der Waals surface area contributed by atoms with Crippen molar-refractivity contribution in [1.82, 2.24) is 15.0 Å². The first-order chi connectivity index (χ1) is 5.86. The Balaban J connectivity index is 2.33. The van der Waals surface area contributed by atoms with E-state index in [0.29, 0.717) is 6.04 Å². The van der Waals surface area contributed by atoms with E-state index < -0.39 is 0 Å². The number of rotatable bonds is 3. The lowest BCUT2D eigenvalue weighted by molar-refractivity contribution is 0.275. The van der Waals surface area contributed by atoms with Crippen molar-refractivity contribution in [2.75, 3.05) is 0 Å². The molecule has 0 atom stereocenters. The van der Waals surface area contributed by atoms with Crippen molar-refractivity contribution in [3.63, 3.8) is 0 Å². The third-order valence-corrected chi connectivity index (χ3v) is 2.25. The highest BCUT2D eigenvalue weighted by Crippen LogP contribution is 2.35. The summed E-state index contributed by atoms with van der Waals surface area (Å²) >= 11 is 0. The maximum absolute atomic E-state index is 8.95. The second kappa shape index (κ2) is 2.86. The van der Waals surface area contributed by atoms with Crippen LogP contribution >= 0.6 is 0 Å². The van der Waals surface area contributed by atoms with E-state index in [1.54, 1.807) is 0 Å². The smallest absolute Gasteiger partial charge is 0.111 e.